The van der Waals surface area contributed by atoms with E-state index in [2.05, 4.69) is 0 Å². The minimum Gasteiger partial charge on any atom is -0.479 e. The zero-order chi connectivity index (χ0) is 13.2. The molecular formula is C15H20O3. The molecule has 2 N–H and O–H groups in total. The molecule has 0 amide bonds. The molecule has 1 fully saturated rings. The number of benzene rings is 1. The Morgan fingerprint density at radius 2 is 1.83 bits per heavy atom. The molecular weight excluding hydrogens is 228 g/mol. The second kappa shape index (κ2) is 5.11. The zero-order valence-electron chi connectivity index (χ0n) is 10.7. The molecule has 0 heterocycles. The smallest absolute Gasteiger partial charge is 0.340 e. The van der Waals surface area contributed by atoms with Gasteiger partial charge in [0.15, 0.2) is 5.60 Å². The SMILES string of the molecule is CC(O)(C(=O)O)c1ccc(CC2CCCC2)cc1. The summed E-state index contributed by atoms with van der Waals surface area (Å²) in [4.78, 5) is 10.9. The Morgan fingerprint density at radius 3 is 2.33 bits per heavy atom. The molecule has 2 rings (SSSR count). The molecule has 1 aliphatic rings. The summed E-state index contributed by atoms with van der Waals surface area (Å²) in [7, 11) is 0. The maximum absolute atomic E-state index is 10.9. The molecule has 3 heteroatoms. The monoisotopic (exact) mass is 248 g/mol. The summed E-state index contributed by atoms with van der Waals surface area (Å²) in [6.07, 6.45) is 6.33. The van der Waals surface area contributed by atoms with E-state index in [1.54, 1.807) is 12.1 Å². The average molecular weight is 248 g/mol. The van der Waals surface area contributed by atoms with Crippen LogP contribution in [-0.4, -0.2) is 16.2 Å². The molecule has 0 bridgehead atoms. The minimum atomic E-state index is -1.80. The number of rotatable bonds is 4. The lowest BCUT2D eigenvalue weighted by atomic mass is 9.92. The first-order chi connectivity index (χ1) is 8.50. The average Bonchev–Trinajstić information content (AvgIpc) is 2.82. The summed E-state index contributed by atoms with van der Waals surface area (Å²) in [5.74, 6) is -0.443. The number of aliphatic hydroxyl groups is 1. The van der Waals surface area contributed by atoms with Crippen LogP contribution in [-0.2, 0) is 16.8 Å². The van der Waals surface area contributed by atoms with Crippen molar-refractivity contribution in [2.45, 2.75) is 44.6 Å². The topological polar surface area (TPSA) is 57.5 Å². The van der Waals surface area contributed by atoms with Crippen LogP contribution in [0, 0.1) is 5.92 Å². The van der Waals surface area contributed by atoms with Gasteiger partial charge in [0.1, 0.15) is 0 Å². The van der Waals surface area contributed by atoms with Gasteiger partial charge in [0.05, 0.1) is 0 Å². The van der Waals surface area contributed by atoms with Crippen LogP contribution in [0.3, 0.4) is 0 Å². The standard InChI is InChI=1S/C15H20O3/c1-15(18,14(16)17)13-8-6-12(7-9-13)10-11-4-2-3-5-11/h6-9,11,18H,2-5,10H2,1H3,(H,16,17). The molecule has 1 aliphatic carbocycles. The van der Waals surface area contributed by atoms with Gasteiger partial charge in [-0.2, -0.15) is 0 Å². The Bertz CT molecular complexity index is 414. The van der Waals surface area contributed by atoms with E-state index in [4.69, 9.17) is 5.11 Å². The van der Waals surface area contributed by atoms with Crippen LogP contribution >= 0.6 is 0 Å². The third-order valence-electron chi connectivity index (χ3n) is 3.93. The molecule has 0 aliphatic heterocycles. The Morgan fingerprint density at radius 1 is 1.28 bits per heavy atom. The highest BCUT2D eigenvalue weighted by molar-refractivity contribution is 5.78. The number of carboxylic acid groups (broad SMARTS) is 1. The highest BCUT2D eigenvalue weighted by atomic mass is 16.4. The summed E-state index contributed by atoms with van der Waals surface area (Å²) in [5, 5.41) is 18.8. The van der Waals surface area contributed by atoms with E-state index in [1.807, 2.05) is 12.1 Å². The summed E-state index contributed by atoms with van der Waals surface area (Å²) in [5.41, 5.74) is -0.136. The Balaban J connectivity index is 2.07. The van der Waals surface area contributed by atoms with Crippen molar-refractivity contribution >= 4 is 5.97 Å². The van der Waals surface area contributed by atoms with Crippen molar-refractivity contribution in [3.8, 4) is 0 Å². The van der Waals surface area contributed by atoms with Crippen LogP contribution in [0.4, 0.5) is 0 Å². The van der Waals surface area contributed by atoms with Crippen molar-refractivity contribution < 1.29 is 15.0 Å². The first kappa shape index (κ1) is 13.1. The predicted molar refractivity (Wildman–Crippen MR) is 69.3 cm³/mol. The van der Waals surface area contributed by atoms with Crippen molar-refractivity contribution in [3.63, 3.8) is 0 Å². The highest BCUT2D eigenvalue weighted by Crippen LogP contribution is 2.29. The van der Waals surface area contributed by atoms with Gasteiger partial charge in [-0.05, 0) is 30.4 Å². The van der Waals surface area contributed by atoms with Gasteiger partial charge in [-0.1, -0.05) is 49.9 Å². The third kappa shape index (κ3) is 2.72. The van der Waals surface area contributed by atoms with Gasteiger partial charge in [0.25, 0.3) is 0 Å². The maximum Gasteiger partial charge on any atom is 0.340 e. The Labute approximate surface area is 107 Å². The molecule has 1 aromatic rings. The van der Waals surface area contributed by atoms with E-state index in [-0.39, 0.29) is 0 Å². The molecule has 98 valence electrons. The van der Waals surface area contributed by atoms with E-state index in [0.717, 1.165) is 12.3 Å². The largest absolute Gasteiger partial charge is 0.479 e. The van der Waals surface area contributed by atoms with E-state index in [0.29, 0.717) is 5.56 Å². The fourth-order valence-corrected chi connectivity index (χ4v) is 2.64. The summed E-state index contributed by atoms with van der Waals surface area (Å²) < 4.78 is 0. The van der Waals surface area contributed by atoms with Gasteiger partial charge in [-0.3, -0.25) is 0 Å². The van der Waals surface area contributed by atoms with Crippen molar-refractivity contribution in [1.29, 1.82) is 0 Å². The third-order valence-corrected chi connectivity index (χ3v) is 3.93. The zero-order valence-corrected chi connectivity index (χ0v) is 10.7. The summed E-state index contributed by atoms with van der Waals surface area (Å²) in [6, 6.07) is 7.31. The van der Waals surface area contributed by atoms with Crippen molar-refractivity contribution in [2.24, 2.45) is 5.92 Å². The molecule has 1 unspecified atom stereocenters. The van der Waals surface area contributed by atoms with Gasteiger partial charge in [0, 0.05) is 0 Å². The number of carbonyl (C=O) groups is 1. The number of hydrogen-bond acceptors (Lipinski definition) is 2. The van der Waals surface area contributed by atoms with Crippen LogP contribution in [0.25, 0.3) is 0 Å². The van der Waals surface area contributed by atoms with E-state index >= 15 is 0 Å². The molecule has 18 heavy (non-hydrogen) atoms. The molecule has 0 radical (unpaired) electrons. The van der Waals surface area contributed by atoms with Gasteiger partial charge >= 0.3 is 5.97 Å². The van der Waals surface area contributed by atoms with Crippen molar-refractivity contribution in [3.05, 3.63) is 35.4 Å². The van der Waals surface area contributed by atoms with E-state index in [1.165, 1.54) is 38.2 Å². The van der Waals surface area contributed by atoms with Crippen LogP contribution in [0.2, 0.25) is 0 Å². The lowest BCUT2D eigenvalue weighted by Crippen LogP contribution is -2.31. The van der Waals surface area contributed by atoms with Crippen LogP contribution in [0.5, 0.6) is 0 Å². The van der Waals surface area contributed by atoms with E-state index in [9.17, 15) is 9.90 Å². The molecule has 0 saturated heterocycles. The number of carboxylic acids is 1. The maximum atomic E-state index is 10.9. The molecule has 1 aromatic carbocycles. The fraction of sp³-hybridized carbons (Fsp3) is 0.533. The van der Waals surface area contributed by atoms with E-state index < -0.39 is 11.6 Å². The molecule has 0 aromatic heterocycles. The van der Waals surface area contributed by atoms with Crippen LogP contribution in [0.15, 0.2) is 24.3 Å². The first-order valence-electron chi connectivity index (χ1n) is 6.55. The molecule has 0 spiro atoms. The van der Waals surface area contributed by atoms with Gasteiger partial charge in [0.2, 0.25) is 0 Å². The quantitative estimate of drug-likeness (QED) is 0.861. The second-order valence-corrected chi connectivity index (χ2v) is 5.43. The Kier molecular flexibility index (Phi) is 3.71. The Hall–Kier alpha value is -1.35. The van der Waals surface area contributed by atoms with Gasteiger partial charge in [-0.15, -0.1) is 0 Å². The van der Waals surface area contributed by atoms with Crippen LogP contribution in [0.1, 0.15) is 43.7 Å². The predicted octanol–water partition coefficient (Wildman–Crippen LogP) is 2.71. The summed E-state index contributed by atoms with van der Waals surface area (Å²) in [6.45, 7) is 1.31. The van der Waals surface area contributed by atoms with Gasteiger partial charge < -0.3 is 10.2 Å². The number of aliphatic carboxylic acids is 1. The van der Waals surface area contributed by atoms with Crippen LogP contribution < -0.4 is 0 Å². The first-order valence-corrected chi connectivity index (χ1v) is 6.55. The number of hydrogen-bond donors (Lipinski definition) is 2. The molecule has 3 nitrogen and oxygen atoms in total. The highest BCUT2D eigenvalue weighted by Gasteiger charge is 2.31. The van der Waals surface area contributed by atoms with Crippen molar-refractivity contribution in [2.75, 3.05) is 0 Å². The molecule has 1 atom stereocenters. The van der Waals surface area contributed by atoms with Crippen molar-refractivity contribution in [1.82, 2.24) is 0 Å². The lowest BCUT2D eigenvalue weighted by Gasteiger charge is -2.19. The normalized spacial score (nSPS) is 19.7. The lowest BCUT2D eigenvalue weighted by molar-refractivity contribution is -0.157. The molecule has 1 saturated carbocycles. The summed E-state index contributed by atoms with van der Waals surface area (Å²) >= 11 is 0. The fourth-order valence-electron chi connectivity index (χ4n) is 2.64. The van der Waals surface area contributed by atoms with Gasteiger partial charge in [-0.25, -0.2) is 4.79 Å². The second-order valence-electron chi connectivity index (χ2n) is 5.43. The minimum absolute atomic E-state index is 0.435.